The van der Waals surface area contributed by atoms with Gasteiger partial charge in [-0.15, -0.1) is 0 Å². The highest BCUT2D eigenvalue weighted by Crippen LogP contribution is 1.91. The monoisotopic (exact) mass is 96.1 g/mol. The van der Waals surface area contributed by atoms with E-state index in [0.29, 0.717) is 0 Å². The molecule has 0 aromatic heterocycles. The van der Waals surface area contributed by atoms with Crippen LogP contribution in [0.15, 0.2) is 23.8 Å². The van der Waals surface area contributed by atoms with Gasteiger partial charge in [0.1, 0.15) is 0 Å². The van der Waals surface area contributed by atoms with Gasteiger partial charge < -0.3 is 0 Å². The minimum Gasteiger partial charge on any atom is -0.0874 e. The van der Waals surface area contributed by atoms with Crippen molar-refractivity contribution < 1.29 is 0 Å². The molecule has 0 amide bonds. The summed E-state index contributed by atoms with van der Waals surface area (Å²) in [6, 6.07) is 0. The fourth-order valence-corrected chi connectivity index (χ4v) is 0.359. The Labute approximate surface area is 45.5 Å². The van der Waals surface area contributed by atoms with Gasteiger partial charge in [0.2, 0.25) is 0 Å². The normalized spacial score (nSPS) is 13.3. The largest absolute Gasteiger partial charge is 0.0874 e. The molecule has 0 bridgehead atoms. The summed E-state index contributed by atoms with van der Waals surface area (Å²) in [4.78, 5) is 0. The Hall–Kier alpha value is -0.520. The second-order valence-corrected chi connectivity index (χ2v) is 1.53. The lowest BCUT2D eigenvalue weighted by Crippen LogP contribution is -1.60. The lowest BCUT2D eigenvalue weighted by Gasteiger charge is -1.81. The minimum atomic E-state index is 1.32. The van der Waals surface area contributed by atoms with Crippen molar-refractivity contribution in [3.8, 4) is 0 Å². The van der Waals surface area contributed by atoms with Crippen molar-refractivity contribution in [1.29, 1.82) is 0 Å². The van der Waals surface area contributed by atoms with E-state index in [4.69, 9.17) is 0 Å². The fraction of sp³-hybridized carbons (Fsp3) is 0.429. The quantitative estimate of drug-likeness (QED) is 0.440. The molecule has 0 unspecified atom stereocenters. The van der Waals surface area contributed by atoms with Gasteiger partial charge >= 0.3 is 0 Å². The highest BCUT2D eigenvalue weighted by molar-refractivity contribution is 5.13. The summed E-state index contributed by atoms with van der Waals surface area (Å²) < 4.78 is 0. The number of hydrogen-bond acceptors (Lipinski definition) is 0. The van der Waals surface area contributed by atoms with E-state index in [9.17, 15) is 0 Å². The second kappa shape index (κ2) is 3.66. The van der Waals surface area contributed by atoms with Crippen LogP contribution in [0.5, 0.6) is 0 Å². The molecule has 0 nitrogen and oxygen atoms in total. The third kappa shape index (κ3) is 3.31. The Morgan fingerprint density at radius 3 is 2.00 bits per heavy atom. The van der Waals surface area contributed by atoms with Gasteiger partial charge in [0.25, 0.3) is 0 Å². The predicted molar refractivity (Wildman–Crippen MR) is 34.2 cm³/mol. The third-order valence-electron chi connectivity index (χ3n) is 0.885. The van der Waals surface area contributed by atoms with Crippen LogP contribution in [0.3, 0.4) is 0 Å². The lowest BCUT2D eigenvalue weighted by molar-refractivity contribution is 1.46. The first-order valence-electron chi connectivity index (χ1n) is 2.57. The summed E-state index contributed by atoms with van der Waals surface area (Å²) in [5.41, 5.74) is 1.32. The first-order chi connectivity index (χ1) is 3.31. The second-order valence-electron chi connectivity index (χ2n) is 1.53. The Morgan fingerprint density at radius 1 is 1.29 bits per heavy atom. The zero-order valence-corrected chi connectivity index (χ0v) is 5.23. The minimum absolute atomic E-state index is 1.32. The first-order valence-corrected chi connectivity index (χ1v) is 2.57. The van der Waals surface area contributed by atoms with E-state index in [2.05, 4.69) is 19.1 Å². The predicted octanol–water partition coefficient (Wildman–Crippen LogP) is 2.53. The van der Waals surface area contributed by atoms with Gasteiger partial charge in [-0.25, -0.2) is 0 Å². The molecule has 0 rings (SSSR count). The van der Waals surface area contributed by atoms with E-state index in [1.807, 2.05) is 19.9 Å². The molecule has 0 aromatic carbocycles. The van der Waals surface area contributed by atoms with Gasteiger partial charge in [-0.05, 0) is 20.8 Å². The van der Waals surface area contributed by atoms with Crippen LogP contribution < -0.4 is 0 Å². The Morgan fingerprint density at radius 2 is 1.86 bits per heavy atom. The molecule has 0 aromatic rings. The zero-order valence-electron chi connectivity index (χ0n) is 5.23. The molecule has 0 spiro atoms. The van der Waals surface area contributed by atoms with Crippen molar-refractivity contribution in [3.05, 3.63) is 23.8 Å². The highest BCUT2D eigenvalue weighted by Gasteiger charge is 1.69. The summed E-state index contributed by atoms with van der Waals surface area (Å²) in [5.74, 6) is 0. The molecule has 40 valence electrons. The van der Waals surface area contributed by atoms with Crippen LogP contribution in [-0.4, -0.2) is 0 Å². The van der Waals surface area contributed by atoms with Crippen molar-refractivity contribution in [3.63, 3.8) is 0 Å². The standard InChI is InChI=1S/C7H12/c1-4-6-7(3)5-2/h4-6H,1-3H3/b6-4+,7-5-. The average Bonchev–Trinajstić information content (AvgIpc) is 1.68. The van der Waals surface area contributed by atoms with E-state index in [0.717, 1.165) is 0 Å². The molecule has 0 atom stereocenters. The van der Waals surface area contributed by atoms with Gasteiger partial charge in [0.05, 0.1) is 0 Å². The number of allylic oxidation sites excluding steroid dienone is 4. The van der Waals surface area contributed by atoms with Crippen molar-refractivity contribution in [2.45, 2.75) is 20.8 Å². The lowest BCUT2D eigenvalue weighted by atomic mass is 10.3. The molecule has 0 aliphatic carbocycles. The van der Waals surface area contributed by atoms with Gasteiger partial charge in [0.15, 0.2) is 0 Å². The van der Waals surface area contributed by atoms with Crippen LogP contribution in [0.25, 0.3) is 0 Å². The maximum absolute atomic E-state index is 2.08. The highest BCUT2D eigenvalue weighted by atomic mass is 13.8. The van der Waals surface area contributed by atoms with Crippen LogP contribution in [0.1, 0.15) is 20.8 Å². The Balaban J connectivity index is 3.58. The molecule has 0 N–H and O–H groups in total. The number of hydrogen-bond donors (Lipinski definition) is 0. The molecular weight excluding hydrogens is 84.1 g/mol. The SMILES string of the molecule is C/C=C(C)\C=C\C. The van der Waals surface area contributed by atoms with Crippen molar-refractivity contribution in [1.82, 2.24) is 0 Å². The molecule has 0 saturated carbocycles. The van der Waals surface area contributed by atoms with Crippen LogP contribution >= 0.6 is 0 Å². The average molecular weight is 96.2 g/mol. The fourth-order valence-electron chi connectivity index (χ4n) is 0.359. The van der Waals surface area contributed by atoms with Crippen molar-refractivity contribution >= 4 is 0 Å². The van der Waals surface area contributed by atoms with E-state index in [1.54, 1.807) is 0 Å². The van der Waals surface area contributed by atoms with Crippen molar-refractivity contribution in [2.24, 2.45) is 0 Å². The molecule has 0 aliphatic heterocycles. The topological polar surface area (TPSA) is 0 Å². The summed E-state index contributed by atoms with van der Waals surface area (Å²) in [6.45, 7) is 6.14. The van der Waals surface area contributed by atoms with Crippen LogP contribution in [0.2, 0.25) is 0 Å². The van der Waals surface area contributed by atoms with Crippen molar-refractivity contribution in [2.75, 3.05) is 0 Å². The molecule has 7 heavy (non-hydrogen) atoms. The maximum atomic E-state index is 2.08. The van der Waals surface area contributed by atoms with Gasteiger partial charge in [0, 0.05) is 0 Å². The van der Waals surface area contributed by atoms with Crippen LogP contribution in [-0.2, 0) is 0 Å². The van der Waals surface area contributed by atoms with Gasteiger partial charge in [-0.3, -0.25) is 0 Å². The van der Waals surface area contributed by atoms with E-state index >= 15 is 0 Å². The van der Waals surface area contributed by atoms with Crippen LogP contribution in [0.4, 0.5) is 0 Å². The summed E-state index contributed by atoms with van der Waals surface area (Å²) in [5, 5.41) is 0. The molecule has 0 radical (unpaired) electrons. The molecular formula is C7H12. The molecule has 0 aliphatic rings. The summed E-state index contributed by atoms with van der Waals surface area (Å²) in [7, 11) is 0. The summed E-state index contributed by atoms with van der Waals surface area (Å²) >= 11 is 0. The molecule has 0 heterocycles. The number of rotatable bonds is 1. The van der Waals surface area contributed by atoms with Crippen LogP contribution in [0, 0.1) is 0 Å². The third-order valence-corrected chi connectivity index (χ3v) is 0.885. The van der Waals surface area contributed by atoms with Gasteiger partial charge in [-0.2, -0.15) is 0 Å². The molecule has 0 heteroatoms. The van der Waals surface area contributed by atoms with E-state index in [1.165, 1.54) is 5.57 Å². The molecule has 0 fully saturated rings. The first kappa shape index (κ1) is 6.48. The van der Waals surface area contributed by atoms with E-state index < -0.39 is 0 Å². The van der Waals surface area contributed by atoms with Gasteiger partial charge in [-0.1, -0.05) is 23.8 Å². The van der Waals surface area contributed by atoms with E-state index in [-0.39, 0.29) is 0 Å². The molecule has 0 saturated heterocycles. The maximum Gasteiger partial charge on any atom is -0.0401 e. The summed E-state index contributed by atoms with van der Waals surface area (Å²) in [6.07, 6.45) is 6.20. The Bertz CT molecular complexity index is 86.2. The zero-order chi connectivity index (χ0) is 5.70. The smallest absolute Gasteiger partial charge is 0.0401 e. The Kier molecular flexibility index (Phi) is 3.39.